The van der Waals surface area contributed by atoms with Crippen molar-refractivity contribution < 1.29 is 14.3 Å². The predicted octanol–water partition coefficient (Wildman–Crippen LogP) is -0.604. The van der Waals surface area contributed by atoms with Gasteiger partial charge in [0.1, 0.15) is 6.04 Å². The zero-order valence-corrected chi connectivity index (χ0v) is 11.1. The van der Waals surface area contributed by atoms with Crippen molar-refractivity contribution >= 4 is 11.8 Å². The van der Waals surface area contributed by atoms with E-state index in [1.165, 1.54) is 12.8 Å². The van der Waals surface area contributed by atoms with Crippen LogP contribution in [0.2, 0.25) is 0 Å². The van der Waals surface area contributed by atoms with Gasteiger partial charge in [-0.1, -0.05) is 0 Å². The molecule has 6 heteroatoms. The average Bonchev–Trinajstić information content (AvgIpc) is 3.13. The number of amides is 2. The van der Waals surface area contributed by atoms with Gasteiger partial charge in [0.2, 0.25) is 11.8 Å². The van der Waals surface area contributed by atoms with E-state index in [0.29, 0.717) is 32.2 Å². The van der Waals surface area contributed by atoms with E-state index in [1.54, 1.807) is 14.0 Å². The van der Waals surface area contributed by atoms with E-state index in [4.69, 9.17) is 4.74 Å². The topological polar surface area (TPSA) is 79.5 Å². The minimum Gasteiger partial charge on any atom is -0.383 e. The molecule has 1 aliphatic rings. The van der Waals surface area contributed by atoms with Gasteiger partial charge in [-0.3, -0.25) is 9.59 Å². The zero-order chi connectivity index (χ0) is 13.4. The maximum absolute atomic E-state index is 11.5. The number of methoxy groups -OCH3 is 1. The molecule has 104 valence electrons. The van der Waals surface area contributed by atoms with Crippen LogP contribution in [0.5, 0.6) is 0 Å². The number of carbonyl (C=O) groups is 2. The van der Waals surface area contributed by atoms with Crippen LogP contribution < -0.4 is 16.0 Å². The first-order chi connectivity index (χ1) is 8.63. The van der Waals surface area contributed by atoms with Gasteiger partial charge in [0.25, 0.3) is 0 Å². The Bertz CT molecular complexity index is 280. The molecular formula is C12H23N3O3. The molecule has 0 aliphatic heterocycles. The molecule has 1 saturated carbocycles. The number of hydrogen-bond donors (Lipinski definition) is 3. The third kappa shape index (κ3) is 6.56. The van der Waals surface area contributed by atoms with Crippen molar-refractivity contribution in [2.24, 2.45) is 0 Å². The molecule has 0 aromatic carbocycles. The summed E-state index contributed by atoms with van der Waals surface area (Å²) in [6.07, 6.45) is 2.83. The van der Waals surface area contributed by atoms with Gasteiger partial charge < -0.3 is 20.7 Å². The van der Waals surface area contributed by atoms with E-state index in [9.17, 15) is 9.59 Å². The Hall–Kier alpha value is -1.14. The maximum atomic E-state index is 11.5. The van der Waals surface area contributed by atoms with Gasteiger partial charge in [-0.2, -0.15) is 0 Å². The van der Waals surface area contributed by atoms with Gasteiger partial charge in [0, 0.05) is 32.7 Å². The van der Waals surface area contributed by atoms with Crippen molar-refractivity contribution in [2.45, 2.75) is 38.3 Å². The van der Waals surface area contributed by atoms with Gasteiger partial charge in [-0.25, -0.2) is 0 Å². The van der Waals surface area contributed by atoms with Crippen LogP contribution in [-0.4, -0.2) is 50.7 Å². The molecule has 1 atom stereocenters. The first-order valence-electron chi connectivity index (χ1n) is 6.43. The van der Waals surface area contributed by atoms with Gasteiger partial charge in [0.05, 0.1) is 6.61 Å². The molecular weight excluding hydrogens is 234 g/mol. The fraction of sp³-hybridized carbons (Fsp3) is 0.833. The summed E-state index contributed by atoms with van der Waals surface area (Å²) in [4.78, 5) is 23.1. The second-order valence-electron chi connectivity index (χ2n) is 4.55. The number of hydrogen-bond acceptors (Lipinski definition) is 4. The van der Waals surface area contributed by atoms with Crippen molar-refractivity contribution in [1.82, 2.24) is 16.0 Å². The molecule has 18 heavy (non-hydrogen) atoms. The van der Waals surface area contributed by atoms with E-state index in [1.807, 2.05) is 0 Å². The lowest BCUT2D eigenvalue weighted by molar-refractivity contribution is -0.128. The normalized spacial score (nSPS) is 16.1. The standard InChI is InChI=1S/C12H23N3O3/c1-9(12(17)14-7-8-18-2)15-11(16)5-6-13-10-3-4-10/h9-10,13H,3-8H2,1-2H3,(H,14,17)(H,15,16). The third-order valence-corrected chi connectivity index (χ3v) is 2.74. The first-order valence-corrected chi connectivity index (χ1v) is 6.43. The van der Waals surface area contributed by atoms with E-state index in [2.05, 4.69) is 16.0 Å². The minimum absolute atomic E-state index is 0.0995. The highest BCUT2D eigenvalue weighted by atomic mass is 16.5. The van der Waals surface area contributed by atoms with Crippen LogP contribution in [0.3, 0.4) is 0 Å². The average molecular weight is 257 g/mol. The van der Waals surface area contributed by atoms with Crippen molar-refractivity contribution in [2.75, 3.05) is 26.8 Å². The van der Waals surface area contributed by atoms with E-state index >= 15 is 0 Å². The Morgan fingerprint density at radius 2 is 2.06 bits per heavy atom. The molecule has 1 unspecified atom stereocenters. The fourth-order valence-electron chi connectivity index (χ4n) is 1.49. The number of carbonyl (C=O) groups excluding carboxylic acids is 2. The highest BCUT2D eigenvalue weighted by Gasteiger charge is 2.20. The molecule has 1 aliphatic carbocycles. The Kier molecular flexibility index (Phi) is 6.67. The van der Waals surface area contributed by atoms with Gasteiger partial charge in [-0.15, -0.1) is 0 Å². The van der Waals surface area contributed by atoms with Crippen molar-refractivity contribution in [3.05, 3.63) is 0 Å². The Morgan fingerprint density at radius 1 is 1.33 bits per heavy atom. The summed E-state index contributed by atoms with van der Waals surface area (Å²) >= 11 is 0. The third-order valence-electron chi connectivity index (χ3n) is 2.74. The molecule has 0 bridgehead atoms. The SMILES string of the molecule is COCCNC(=O)C(C)NC(=O)CCNC1CC1. The summed E-state index contributed by atoms with van der Waals surface area (Å²) in [6, 6.07) is 0.0999. The second-order valence-corrected chi connectivity index (χ2v) is 4.55. The zero-order valence-electron chi connectivity index (χ0n) is 11.1. The summed E-state index contributed by atoms with van der Waals surface area (Å²) in [7, 11) is 1.57. The van der Waals surface area contributed by atoms with Crippen LogP contribution in [0.4, 0.5) is 0 Å². The molecule has 0 heterocycles. The molecule has 1 fully saturated rings. The second kappa shape index (κ2) is 8.05. The Labute approximate surface area is 108 Å². The lowest BCUT2D eigenvalue weighted by atomic mass is 10.3. The van der Waals surface area contributed by atoms with Gasteiger partial charge >= 0.3 is 0 Å². The predicted molar refractivity (Wildman–Crippen MR) is 68.1 cm³/mol. The van der Waals surface area contributed by atoms with Crippen LogP contribution in [0.1, 0.15) is 26.2 Å². The summed E-state index contributed by atoms with van der Waals surface area (Å²) in [6.45, 7) is 3.28. The van der Waals surface area contributed by atoms with Crippen LogP contribution in [0.25, 0.3) is 0 Å². The van der Waals surface area contributed by atoms with Gasteiger partial charge in [-0.05, 0) is 19.8 Å². The van der Waals surface area contributed by atoms with Crippen LogP contribution in [-0.2, 0) is 14.3 Å². The molecule has 0 spiro atoms. The van der Waals surface area contributed by atoms with E-state index in [-0.39, 0.29) is 11.8 Å². The summed E-state index contributed by atoms with van der Waals surface area (Å²) in [5, 5.41) is 8.60. The van der Waals surface area contributed by atoms with Crippen molar-refractivity contribution in [3.63, 3.8) is 0 Å². The molecule has 0 aromatic rings. The smallest absolute Gasteiger partial charge is 0.242 e. The molecule has 1 rings (SSSR count). The number of rotatable bonds is 9. The molecule has 6 nitrogen and oxygen atoms in total. The quantitative estimate of drug-likeness (QED) is 0.482. The summed E-state index contributed by atoms with van der Waals surface area (Å²) in [5.74, 6) is -0.284. The van der Waals surface area contributed by atoms with Crippen molar-refractivity contribution in [3.8, 4) is 0 Å². The van der Waals surface area contributed by atoms with E-state index < -0.39 is 6.04 Å². The Morgan fingerprint density at radius 3 is 2.67 bits per heavy atom. The molecule has 3 N–H and O–H groups in total. The lowest BCUT2D eigenvalue weighted by Crippen LogP contribution is -2.46. The number of nitrogens with one attached hydrogen (secondary N) is 3. The molecule has 0 aromatic heterocycles. The van der Waals surface area contributed by atoms with E-state index in [0.717, 1.165) is 0 Å². The van der Waals surface area contributed by atoms with Crippen molar-refractivity contribution in [1.29, 1.82) is 0 Å². The van der Waals surface area contributed by atoms with Crippen LogP contribution >= 0.6 is 0 Å². The summed E-state index contributed by atoms with van der Waals surface area (Å²) < 4.78 is 4.82. The molecule has 0 saturated heterocycles. The lowest BCUT2D eigenvalue weighted by Gasteiger charge is -2.14. The molecule has 0 radical (unpaired) electrons. The largest absolute Gasteiger partial charge is 0.383 e. The van der Waals surface area contributed by atoms with Crippen LogP contribution in [0, 0.1) is 0 Å². The number of ether oxygens (including phenoxy) is 1. The highest BCUT2D eigenvalue weighted by molar-refractivity contribution is 5.87. The van der Waals surface area contributed by atoms with Gasteiger partial charge in [0.15, 0.2) is 0 Å². The summed E-state index contributed by atoms with van der Waals surface area (Å²) in [5.41, 5.74) is 0. The van der Waals surface area contributed by atoms with Crippen LogP contribution in [0.15, 0.2) is 0 Å². The first kappa shape index (κ1) is 14.9. The maximum Gasteiger partial charge on any atom is 0.242 e. The fourth-order valence-corrected chi connectivity index (χ4v) is 1.49. The highest BCUT2D eigenvalue weighted by Crippen LogP contribution is 2.18. The minimum atomic E-state index is -0.504. The Balaban J connectivity index is 2.06. The molecule has 2 amide bonds. The monoisotopic (exact) mass is 257 g/mol.